The van der Waals surface area contributed by atoms with E-state index in [9.17, 15) is 4.79 Å². The summed E-state index contributed by atoms with van der Waals surface area (Å²) in [5.41, 5.74) is 0.993. The van der Waals surface area contributed by atoms with Gasteiger partial charge in [-0.2, -0.15) is 0 Å². The molecule has 4 heteroatoms. The van der Waals surface area contributed by atoms with Crippen molar-refractivity contribution in [2.75, 3.05) is 0 Å². The summed E-state index contributed by atoms with van der Waals surface area (Å²) >= 11 is 0. The van der Waals surface area contributed by atoms with Crippen molar-refractivity contribution in [3.05, 3.63) is 27.9 Å². The largest absolute Gasteiger partial charge is 0.283 e. The minimum atomic E-state index is -0.110. The number of nitrogens with zero attached hydrogens (tertiary/aromatic N) is 3. The van der Waals surface area contributed by atoms with Gasteiger partial charge in [-0.15, -0.1) is 0 Å². The number of aromatic nitrogens is 2. The van der Waals surface area contributed by atoms with E-state index in [4.69, 9.17) is 0 Å². The normalized spacial score (nSPS) is 11.5. The summed E-state index contributed by atoms with van der Waals surface area (Å²) in [7, 11) is 0. The number of allylic oxidation sites excluding steroid dienone is 1. The number of rotatable bonds is 4. The van der Waals surface area contributed by atoms with Crippen molar-refractivity contribution in [3.63, 3.8) is 0 Å². The summed E-state index contributed by atoms with van der Waals surface area (Å²) in [6.07, 6.45) is 6.35. The van der Waals surface area contributed by atoms with Crippen molar-refractivity contribution in [1.82, 2.24) is 9.55 Å². The van der Waals surface area contributed by atoms with Crippen LogP contribution in [0, 0.1) is 25.7 Å². The lowest BCUT2D eigenvalue weighted by Gasteiger charge is -2.07. The van der Waals surface area contributed by atoms with Crippen LogP contribution in [0.1, 0.15) is 59.5 Å². The van der Waals surface area contributed by atoms with Crippen molar-refractivity contribution in [2.24, 2.45) is 16.8 Å². The van der Waals surface area contributed by atoms with Gasteiger partial charge in [0.05, 0.1) is 5.69 Å². The van der Waals surface area contributed by atoms with Gasteiger partial charge in [0.2, 0.25) is 0 Å². The molecular weight excluding hydrogens is 274 g/mol. The molecule has 0 saturated heterocycles. The fourth-order valence-corrected chi connectivity index (χ4v) is 1.52. The van der Waals surface area contributed by atoms with Crippen LogP contribution < -0.4 is 5.56 Å². The maximum absolute atomic E-state index is 12.3. The van der Waals surface area contributed by atoms with Crippen molar-refractivity contribution >= 4 is 18.1 Å². The van der Waals surface area contributed by atoms with Crippen LogP contribution in [0.2, 0.25) is 0 Å². The van der Waals surface area contributed by atoms with Gasteiger partial charge in [0, 0.05) is 12.4 Å². The van der Waals surface area contributed by atoms with Crippen molar-refractivity contribution in [2.45, 2.75) is 61.8 Å². The summed E-state index contributed by atoms with van der Waals surface area (Å²) in [5, 5.41) is 0. The Morgan fingerprint density at radius 3 is 2.18 bits per heavy atom. The number of hydrogen-bond acceptors (Lipinski definition) is 3. The first-order valence-electron chi connectivity index (χ1n) is 8.01. The van der Waals surface area contributed by atoms with E-state index in [0.29, 0.717) is 23.1 Å². The third kappa shape index (κ3) is 7.34. The zero-order valence-corrected chi connectivity index (χ0v) is 15.3. The van der Waals surface area contributed by atoms with E-state index in [1.54, 1.807) is 17.0 Å². The van der Waals surface area contributed by atoms with Crippen LogP contribution >= 0.6 is 0 Å². The highest BCUT2D eigenvalue weighted by Crippen LogP contribution is 2.11. The second-order valence-corrected chi connectivity index (χ2v) is 6.32. The molecule has 0 saturated carbocycles. The maximum atomic E-state index is 12.3. The van der Waals surface area contributed by atoms with Gasteiger partial charge in [0.1, 0.15) is 11.5 Å². The molecule has 0 unspecified atom stereocenters. The lowest BCUT2D eigenvalue weighted by atomic mass is 10.2. The van der Waals surface area contributed by atoms with Gasteiger partial charge in [-0.1, -0.05) is 47.6 Å². The molecule has 0 aliphatic carbocycles. The summed E-state index contributed by atoms with van der Waals surface area (Å²) in [6.45, 7) is 16.2. The lowest BCUT2D eigenvalue weighted by molar-refractivity contribution is 0.737. The Bertz CT molecular complexity index is 564. The maximum Gasteiger partial charge on any atom is 0.283 e. The monoisotopic (exact) mass is 305 g/mol. The van der Waals surface area contributed by atoms with E-state index in [1.807, 2.05) is 40.7 Å². The van der Waals surface area contributed by atoms with Gasteiger partial charge in [-0.3, -0.25) is 14.4 Å². The van der Waals surface area contributed by atoms with Gasteiger partial charge in [-0.05, 0) is 32.1 Å². The first-order chi connectivity index (χ1) is 10.2. The third-order valence-corrected chi connectivity index (χ3v) is 2.43. The molecule has 1 aromatic rings. The van der Waals surface area contributed by atoms with E-state index < -0.39 is 0 Å². The number of hydrogen-bond donors (Lipinski definition) is 0. The Kier molecular flexibility index (Phi) is 9.31. The smallest absolute Gasteiger partial charge is 0.270 e. The SMILES string of the molecule is CC(C)C.CC/C=C\n1c(C)nc(C)c(N=CC(C)C)c1=O. The molecule has 4 nitrogen and oxygen atoms in total. The molecule has 1 heterocycles. The summed E-state index contributed by atoms with van der Waals surface area (Å²) in [5.74, 6) is 1.83. The van der Waals surface area contributed by atoms with E-state index in [1.165, 1.54) is 0 Å². The average molecular weight is 305 g/mol. The molecule has 124 valence electrons. The molecule has 0 aliphatic rings. The fraction of sp³-hybridized carbons (Fsp3) is 0.611. The second-order valence-electron chi connectivity index (χ2n) is 6.32. The van der Waals surface area contributed by atoms with Crippen LogP contribution in [0.25, 0.3) is 6.20 Å². The van der Waals surface area contributed by atoms with Crippen LogP contribution in [0.4, 0.5) is 5.69 Å². The van der Waals surface area contributed by atoms with Crippen LogP contribution in [0.15, 0.2) is 15.9 Å². The molecule has 0 radical (unpaired) electrons. The highest BCUT2D eigenvalue weighted by molar-refractivity contribution is 5.65. The molecule has 0 aliphatic heterocycles. The topological polar surface area (TPSA) is 47.2 Å². The molecule has 0 spiro atoms. The molecule has 0 amide bonds. The predicted octanol–water partition coefficient (Wildman–Crippen LogP) is 4.76. The summed E-state index contributed by atoms with van der Waals surface area (Å²) in [4.78, 5) is 20.9. The molecule has 22 heavy (non-hydrogen) atoms. The number of aryl methyl sites for hydroxylation is 2. The Labute approximate surface area is 135 Å². The Morgan fingerprint density at radius 1 is 1.18 bits per heavy atom. The average Bonchev–Trinajstić information content (AvgIpc) is 2.37. The highest BCUT2D eigenvalue weighted by Gasteiger charge is 2.09. The predicted molar refractivity (Wildman–Crippen MR) is 97.1 cm³/mol. The van der Waals surface area contributed by atoms with Crippen molar-refractivity contribution in [1.29, 1.82) is 0 Å². The van der Waals surface area contributed by atoms with Gasteiger partial charge in [-0.25, -0.2) is 4.98 Å². The second kappa shape index (κ2) is 10.1. The molecular formula is C18H31N3O. The third-order valence-electron chi connectivity index (χ3n) is 2.43. The van der Waals surface area contributed by atoms with Gasteiger partial charge in [0.15, 0.2) is 0 Å². The van der Waals surface area contributed by atoms with Crippen LogP contribution in [0.3, 0.4) is 0 Å². The van der Waals surface area contributed by atoms with Crippen molar-refractivity contribution < 1.29 is 0 Å². The van der Waals surface area contributed by atoms with Crippen LogP contribution in [-0.2, 0) is 0 Å². The van der Waals surface area contributed by atoms with Gasteiger partial charge < -0.3 is 0 Å². The highest BCUT2D eigenvalue weighted by atomic mass is 16.1. The van der Waals surface area contributed by atoms with E-state index in [-0.39, 0.29) is 5.56 Å². The Hall–Kier alpha value is -1.71. The first-order valence-corrected chi connectivity index (χ1v) is 8.01. The van der Waals surface area contributed by atoms with E-state index in [0.717, 1.165) is 12.3 Å². The molecule has 0 bridgehead atoms. The Balaban J connectivity index is 0.000000980. The fourth-order valence-electron chi connectivity index (χ4n) is 1.52. The van der Waals surface area contributed by atoms with E-state index >= 15 is 0 Å². The lowest BCUT2D eigenvalue weighted by Crippen LogP contribution is -2.20. The van der Waals surface area contributed by atoms with Crippen LogP contribution in [0.5, 0.6) is 0 Å². The summed E-state index contributed by atoms with van der Waals surface area (Å²) < 4.78 is 1.55. The summed E-state index contributed by atoms with van der Waals surface area (Å²) in [6, 6.07) is 0. The van der Waals surface area contributed by atoms with E-state index in [2.05, 4.69) is 30.7 Å². The molecule has 0 N–H and O–H groups in total. The van der Waals surface area contributed by atoms with Crippen molar-refractivity contribution in [3.8, 4) is 0 Å². The quantitative estimate of drug-likeness (QED) is 0.753. The first kappa shape index (κ1) is 20.3. The minimum absolute atomic E-state index is 0.110. The minimum Gasteiger partial charge on any atom is -0.270 e. The molecule has 0 fully saturated rings. The standard InChI is InChI=1S/C14H21N3O.C4H10/c1-6-7-8-17-12(5)16-11(4)13(14(17)18)15-9-10(2)3;1-4(2)3/h7-10H,6H2,1-5H3;4H,1-3H3/b8-7-,15-9?;. The molecule has 1 rings (SSSR count). The molecule has 1 aromatic heterocycles. The van der Waals surface area contributed by atoms with Gasteiger partial charge >= 0.3 is 0 Å². The Morgan fingerprint density at radius 2 is 1.73 bits per heavy atom. The number of aliphatic imine (C=N–C) groups is 1. The molecule has 0 atom stereocenters. The van der Waals surface area contributed by atoms with Crippen LogP contribution in [-0.4, -0.2) is 15.8 Å². The molecule has 0 aromatic carbocycles. The zero-order valence-electron chi connectivity index (χ0n) is 15.3. The zero-order chi connectivity index (χ0) is 17.3. The van der Waals surface area contributed by atoms with Gasteiger partial charge in [0.25, 0.3) is 5.56 Å².